The third-order valence-electron chi connectivity index (χ3n) is 6.47. The molecule has 0 aromatic heterocycles. The van der Waals surface area contributed by atoms with Crippen molar-refractivity contribution in [2.45, 2.75) is 44.6 Å². The maximum atomic E-state index is 12.6. The number of rotatable bonds is 7. The van der Waals surface area contributed by atoms with Crippen molar-refractivity contribution in [3.05, 3.63) is 29.8 Å². The summed E-state index contributed by atoms with van der Waals surface area (Å²) >= 11 is 0. The van der Waals surface area contributed by atoms with E-state index in [1.807, 2.05) is 34.1 Å². The summed E-state index contributed by atoms with van der Waals surface area (Å²) in [5, 5.41) is 3.02. The molecule has 30 heavy (non-hydrogen) atoms. The number of hydrogen-bond donors (Lipinski definition) is 1. The van der Waals surface area contributed by atoms with E-state index in [9.17, 15) is 14.4 Å². The number of benzene rings is 1. The Morgan fingerprint density at radius 1 is 1.10 bits per heavy atom. The van der Waals surface area contributed by atoms with Gasteiger partial charge in [0.1, 0.15) is 5.75 Å². The Labute approximate surface area is 177 Å². The van der Waals surface area contributed by atoms with Crippen LogP contribution in [0.15, 0.2) is 24.3 Å². The SMILES string of the molecule is COc1ccc(CC(=O)N2CCC(CN3CC(C(=O)NC4CC4)CC3=O)CC2)cc1. The van der Waals surface area contributed by atoms with Gasteiger partial charge >= 0.3 is 0 Å². The lowest BCUT2D eigenvalue weighted by Crippen LogP contribution is -2.42. The first-order valence-corrected chi connectivity index (χ1v) is 11.0. The summed E-state index contributed by atoms with van der Waals surface area (Å²) in [4.78, 5) is 41.0. The normalized spacial score (nSPS) is 22.3. The summed E-state index contributed by atoms with van der Waals surface area (Å²) < 4.78 is 5.16. The van der Waals surface area contributed by atoms with Gasteiger partial charge in [-0.05, 0) is 49.3 Å². The molecule has 3 amide bonds. The molecule has 0 spiro atoms. The average Bonchev–Trinajstić information content (AvgIpc) is 3.50. The third kappa shape index (κ3) is 5.12. The first-order chi connectivity index (χ1) is 14.5. The zero-order valence-corrected chi connectivity index (χ0v) is 17.6. The Hall–Kier alpha value is -2.57. The zero-order chi connectivity index (χ0) is 21.1. The summed E-state index contributed by atoms with van der Waals surface area (Å²) in [6.45, 7) is 2.70. The number of amides is 3. The maximum Gasteiger partial charge on any atom is 0.226 e. The van der Waals surface area contributed by atoms with Crippen LogP contribution in [0.5, 0.6) is 5.75 Å². The highest BCUT2D eigenvalue weighted by atomic mass is 16.5. The number of carbonyl (C=O) groups is 3. The highest BCUT2D eigenvalue weighted by Gasteiger charge is 2.37. The zero-order valence-electron chi connectivity index (χ0n) is 17.6. The molecule has 2 heterocycles. The molecule has 1 saturated carbocycles. The second kappa shape index (κ2) is 9.06. The number of likely N-dealkylation sites (tertiary alicyclic amines) is 2. The highest BCUT2D eigenvalue weighted by molar-refractivity contribution is 5.89. The van der Waals surface area contributed by atoms with Crippen LogP contribution in [0.2, 0.25) is 0 Å². The minimum Gasteiger partial charge on any atom is -0.497 e. The molecule has 0 bridgehead atoms. The molecule has 1 aromatic carbocycles. The molecular weight excluding hydrogens is 382 g/mol. The van der Waals surface area contributed by atoms with Crippen molar-refractivity contribution < 1.29 is 19.1 Å². The number of carbonyl (C=O) groups excluding carboxylic acids is 3. The monoisotopic (exact) mass is 413 g/mol. The van der Waals surface area contributed by atoms with Gasteiger partial charge in [-0.3, -0.25) is 14.4 Å². The van der Waals surface area contributed by atoms with Crippen molar-refractivity contribution in [1.82, 2.24) is 15.1 Å². The lowest BCUT2D eigenvalue weighted by Gasteiger charge is -2.34. The Balaban J connectivity index is 1.20. The van der Waals surface area contributed by atoms with Crippen molar-refractivity contribution >= 4 is 17.7 Å². The summed E-state index contributed by atoms with van der Waals surface area (Å²) in [5.74, 6) is 1.24. The van der Waals surface area contributed by atoms with Gasteiger partial charge in [-0.25, -0.2) is 0 Å². The van der Waals surface area contributed by atoms with Crippen molar-refractivity contribution in [3.8, 4) is 5.75 Å². The first-order valence-electron chi connectivity index (χ1n) is 11.0. The van der Waals surface area contributed by atoms with E-state index >= 15 is 0 Å². The van der Waals surface area contributed by atoms with Gasteiger partial charge in [-0.2, -0.15) is 0 Å². The predicted molar refractivity (Wildman–Crippen MR) is 112 cm³/mol. The third-order valence-corrected chi connectivity index (χ3v) is 6.47. The van der Waals surface area contributed by atoms with E-state index in [4.69, 9.17) is 4.74 Å². The molecule has 2 saturated heterocycles. The van der Waals surface area contributed by atoms with Crippen LogP contribution in [0.25, 0.3) is 0 Å². The van der Waals surface area contributed by atoms with Gasteiger partial charge in [0.2, 0.25) is 17.7 Å². The van der Waals surface area contributed by atoms with Crippen LogP contribution in [0.1, 0.15) is 37.7 Å². The van der Waals surface area contributed by atoms with Crippen LogP contribution in [0.3, 0.4) is 0 Å². The molecule has 2 aliphatic heterocycles. The molecule has 4 rings (SSSR count). The van der Waals surface area contributed by atoms with Gasteiger partial charge in [-0.15, -0.1) is 0 Å². The smallest absolute Gasteiger partial charge is 0.226 e. The summed E-state index contributed by atoms with van der Waals surface area (Å²) in [6.07, 6.45) is 4.65. The number of hydrogen-bond acceptors (Lipinski definition) is 4. The Morgan fingerprint density at radius 3 is 2.43 bits per heavy atom. The molecule has 1 unspecified atom stereocenters. The van der Waals surface area contributed by atoms with Gasteiger partial charge < -0.3 is 19.9 Å². The molecule has 1 aromatic rings. The van der Waals surface area contributed by atoms with E-state index in [0.29, 0.717) is 37.9 Å². The molecule has 0 radical (unpaired) electrons. The molecule has 162 valence electrons. The van der Waals surface area contributed by atoms with Crippen LogP contribution in [-0.2, 0) is 20.8 Å². The number of methoxy groups -OCH3 is 1. The summed E-state index contributed by atoms with van der Waals surface area (Å²) in [6, 6.07) is 7.94. The number of ether oxygens (including phenoxy) is 1. The van der Waals surface area contributed by atoms with Gasteiger partial charge in [0.15, 0.2) is 0 Å². The van der Waals surface area contributed by atoms with E-state index in [1.54, 1.807) is 7.11 Å². The second-order valence-electron chi connectivity index (χ2n) is 8.83. The fourth-order valence-electron chi connectivity index (χ4n) is 4.38. The van der Waals surface area contributed by atoms with Crippen molar-refractivity contribution in [3.63, 3.8) is 0 Å². The van der Waals surface area contributed by atoms with Gasteiger partial charge in [0.25, 0.3) is 0 Å². The van der Waals surface area contributed by atoms with Crippen molar-refractivity contribution in [2.24, 2.45) is 11.8 Å². The van der Waals surface area contributed by atoms with Crippen LogP contribution >= 0.6 is 0 Å². The van der Waals surface area contributed by atoms with E-state index in [0.717, 1.165) is 50.1 Å². The Morgan fingerprint density at radius 2 is 1.80 bits per heavy atom. The lowest BCUT2D eigenvalue weighted by atomic mass is 9.95. The van der Waals surface area contributed by atoms with Gasteiger partial charge in [0.05, 0.1) is 19.4 Å². The van der Waals surface area contributed by atoms with Gasteiger partial charge in [0, 0.05) is 38.6 Å². The lowest BCUT2D eigenvalue weighted by molar-refractivity contribution is -0.133. The standard InChI is InChI=1S/C23H31N3O4/c1-30-20-6-2-16(3-7-20)12-21(27)25-10-8-17(9-11-25)14-26-15-18(13-22(26)28)23(29)24-19-4-5-19/h2-3,6-7,17-19H,4-5,8-15H2,1H3,(H,24,29). The van der Waals surface area contributed by atoms with Gasteiger partial charge in [-0.1, -0.05) is 12.1 Å². The first kappa shape index (κ1) is 20.7. The van der Waals surface area contributed by atoms with E-state index < -0.39 is 0 Å². The van der Waals surface area contributed by atoms with Crippen LogP contribution in [0, 0.1) is 11.8 Å². The maximum absolute atomic E-state index is 12.6. The molecule has 7 nitrogen and oxygen atoms in total. The number of nitrogens with zero attached hydrogens (tertiary/aromatic N) is 2. The fourth-order valence-corrected chi connectivity index (χ4v) is 4.38. The highest BCUT2D eigenvalue weighted by Crippen LogP contribution is 2.26. The topological polar surface area (TPSA) is 79.0 Å². The van der Waals surface area contributed by atoms with Crippen molar-refractivity contribution in [2.75, 3.05) is 33.3 Å². The Bertz CT molecular complexity index is 782. The van der Waals surface area contributed by atoms with E-state index in [-0.39, 0.29) is 23.6 Å². The molecule has 7 heteroatoms. The summed E-state index contributed by atoms with van der Waals surface area (Å²) in [7, 11) is 1.63. The minimum absolute atomic E-state index is 0.0345. The second-order valence-corrected chi connectivity index (χ2v) is 8.83. The number of piperidine rings is 1. The quantitative estimate of drug-likeness (QED) is 0.737. The van der Waals surface area contributed by atoms with Crippen LogP contribution < -0.4 is 10.1 Å². The number of nitrogens with one attached hydrogen (secondary N) is 1. The summed E-state index contributed by atoms with van der Waals surface area (Å²) in [5.41, 5.74) is 0.987. The van der Waals surface area contributed by atoms with E-state index in [2.05, 4.69) is 5.32 Å². The largest absolute Gasteiger partial charge is 0.497 e. The van der Waals surface area contributed by atoms with Crippen molar-refractivity contribution in [1.29, 1.82) is 0 Å². The van der Waals surface area contributed by atoms with Crippen LogP contribution in [-0.4, -0.2) is 66.9 Å². The van der Waals surface area contributed by atoms with E-state index in [1.165, 1.54) is 0 Å². The molecule has 3 fully saturated rings. The molecular formula is C23H31N3O4. The molecule has 1 N–H and O–H groups in total. The molecule has 1 atom stereocenters. The predicted octanol–water partition coefficient (Wildman–Crippen LogP) is 1.60. The molecule has 3 aliphatic rings. The fraction of sp³-hybridized carbons (Fsp3) is 0.609. The minimum atomic E-state index is -0.204. The van der Waals surface area contributed by atoms with Crippen LogP contribution in [0.4, 0.5) is 0 Å². The Kier molecular flexibility index (Phi) is 6.25. The average molecular weight is 414 g/mol. The molecule has 1 aliphatic carbocycles.